The van der Waals surface area contributed by atoms with Crippen molar-refractivity contribution in [3.8, 4) is 5.75 Å². The molecule has 0 aromatic heterocycles. The molecule has 0 aliphatic heterocycles. The number of rotatable bonds is 7. The van der Waals surface area contributed by atoms with Crippen LogP contribution in [0.5, 0.6) is 5.75 Å². The third-order valence-corrected chi connectivity index (χ3v) is 4.81. The van der Waals surface area contributed by atoms with Gasteiger partial charge >= 0.3 is 17.9 Å². The second-order valence-electron chi connectivity index (χ2n) is 7.02. The molecule has 158 valence electrons. The number of benzene rings is 3. The largest absolute Gasteiger partial charge is 0.422 e. The van der Waals surface area contributed by atoms with E-state index in [1.54, 1.807) is 48.5 Å². The van der Waals surface area contributed by atoms with Crippen LogP contribution in [0.15, 0.2) is 72.8 Å². The average Bonchev–Trinajstić information content (AvgIpc) is 2.80. The third kappa shape index (κ3) is 5.45. The Kier molecular flexibility index (Phi) is 7.33. The van der Waals surface area contributed by atoms with Gasteiger partial charge in [-0.15, -0.1) is 0 Å². The van der Waals surface area contributed by atoms with Crippen LogP contribution >= 0.6 is 0 Å². The lowest BCUT2D eigenvalue weighted by Crippen LogP contribution is -2.17. The SMILES string of the molecule is CCCc1ccc(C(=O)Oc2ccccc2C(=O)OC(=O)c2ccccc2)c(CC)c1. The lowest BCUT2D eigenvalue weighted by molar-refractivity contribution is 0.0396. The zero-order valence-electron chi connectivity index (χ0n) is 17.6. The number of esters is 3. The summed E-state index contributed by atoms with van der Waals surface area (Å²) in [6.45, 7) is 4.08. The molecule has 0 aliphatic carbocycles. The molecule has 0 amide bonds. The van der Waals surface area contributed by atoms with E-state index >= 15 is 0 Å². The lowest BCUT2D eigenvalue weighted by atomic mass is 10.00. The monoisotopic (exact) mass is 416 g/mol. The second kappa shape index (κ2) is 10.3. The number of carbonyl (C=O) groups is 3. The van der Waals surface area contributed by atoms with Crippen molar-refractivity contribution in [3.05, 3.63) is 101 Å². The van der Waals surface area contributed by atoms with Crippen molar-refractivity contribution in [1.29, 1.82) is 0 Å². The van der Waals surface area contributed by atoms with Crippen molar-refractivity contribution in [2.75, 3.05) is 0 Å². The summed E-state index contributed by atoms with van der Waals surface area (Å²) in [7, 11) is 0. The first-order valence-corrected chi connectivity index (χ1v) is 10.3. The number of ether oxygens (including phenoxy) is 2. The summed E-state index contributed by atoms with van der Waals surface area (Å²) in [5.41, 5.74) is 2.76. The van der Waals surface area contributed by atoms with E-state index in [-0.39, 0.29) is 16.9 Å². The van der Waals surface area contributed by atoms with Crippen LogP contribution in [0.4, 0.5) is 0 Å². The number of hydrogen-bond acceptors (Lipinski definition) is 5. The maximum Gasteiger partial charge on any atom is 0.349 e. The fourth-order valence-electron chi connectivity index (χ4n) is 3.23. The van der Waals surface area contributed by atoms with Gasteiger partial charge in [0.25, 0.3) is 0 Å². The molecule has 0 saturated heterocycles. The van der Waals surface area contributed by atoms with Gasteiger partial charge in [0.15, 0.2) is 0 Å². The summed E-state index contributed by atoms with van der Waals surface area (Å²) >= 11 is 0. The molecule has 0 atom stereocenters. The van der Waals surface area contributed by atoms with Crippen LogP contribution in [0.1, 0.15) is 62.5 Å². The van der Waals surface area contributed by atoms with Crippen LogP contribution in [0, 0.1) is 0 Å². The van der Waals surface area contributed by atoms with E-state index in [1.165, 1.54) is 17.7 Å². The molecule has 0 bridgehead atoms. The number of aryl methyl sites for hydroxylation is 2. The fraction of sp³-hybridized carbons (Fsp3) is 0.192. The second-order valence-corrected chi connectivity index (χ2v) is 7.02. The van der Waals surface area contributed by atoms with Crippen LogP contribution in [-0.2, 0) is 17.6 Å². The van der Waals surface area contributed by atoms with Crippen molar-refractivity contribution < 1.29 is 23.9 Å². The van der Waals surface area contributed by atoms with Gasteiger partial charge in [-0.2, -0.15) is 0 Å². The van der Waals surface area contributed by atoms with Crippen molar-refractivity contribution >= 4 is 17.9 Å². The Morgan fingerprint density at radius 3 is 2.16 bits per heavy atom. The average molecular weight is 416 g/mol. The molecule has 3 aromatic carbocycles. The zero-order chi connectivity index (χ0) is 22.2. The Labute approximate surface area is 181 Å². The summed E-state index contributed by atoms with van der Waals surface area (Å²) in [6, 6.07) is 20.1. The number of hydrogen-bond donors (Lipinski definition) is 0. The minimum Gasteiger partial charge on any atom is -0.422 e. The highest BCUT2D eigenvalue weighted by Crippen LogP contribution is 2.23. The van der Waals surface area contributed by atoms with E-state index in [4.69, 9.17) is 9.47 Å². The van der Waals surface area contributed by atoms with Gasteiger partial charge < -0.3 is 9.47 Å². The molecule has 3 aromatic rings. The highest BCUT2D eigenvalue weighted by molar-refractivity contribution is 6.04. The van der Waals surface area contributed by atoms with Gasteiger partial charge in [0, 0.05) is 0 Å². The topological polar surface area (TPSA) is 69.7 Å². The van der Waals surface area contributed by atoms with Crippen molar-refractivity contribution in [3.63, 3.8) is 0 Å². The quantitative estimate of drug-likeness (QED) is 0.292. The first-order valence-electron chi connectivity index (χ1n) is 10.3. The van der Waals surface area contributed by atoms with Gasteiger partial charge in [0.05, 0.1) is 11.1 Å². The molecule has 0 heterocycles. The summed E-state index contributed by atoms with van der Waals surface area (Å²) in [6.07, 6.45) is 2.63. The Hall–Kier alpha value is -3.73. The standard InChI is InChI=1S/C26H24O5/c1-3-10-18-15-16-21(19(4-2)17-18)25(28)30-23-14-9-8-13-22(23)26(29)31-24(27)20-11-6-5-7-12-20/h5-9,11-17H,3-4,10H2,1-2H3. The predicted octanol–water partition coefficient (Wildman–Crippen LogP) is 5.42. The number of carbonyl (C=O) groups excluding carboxylic acids is 3. The molecule has 0 aliphatic rings. The normalized spacial score (nSPS) is 10.4. The first-order chi connectivity index (χ1) is 15.0. The smallest absolute Gasteiger partial charge is 0.349 e. The molecular formula is C26H24O5. The Morgan fingerprint density at radius 2 is 1.45 bits per heavy atom. The third-order valence-electron chi connectivity index (χ3n) is 4.81. The van der Waals surface area contributed by atoms with Crippen LogP contribution < -0.4 is 4.74 Å². The maximum atomic E-state index is 12.8. The molecule has 0 fully saturated rings. The Bertz CT molecular complexity index is 1090. The van der Waals surface area contributed by atoms with Gasteiger partial charge in [0.2, 0.25) is 0 Å². The van der Waals surface area contributed by atoms with Gasteiger partial charge in [-0.05, 0) is 54.3 Å². The molecule has 0 unspecified atom stereocenters. The first kappa shape index (κ1) is 22.0. The molecule has 0 spiro atoms. The molecule has 5 nitrogen and oxygen atoms in total. The fourth-order valence-corrected chi connectivity index (χ4v) is 3.23. The van der Waals surface area contributed by atoms with Crippen LogP contribution in [0.2, 0.25) is 0 Å². The van der Waals surface area contributed by atoms with E-state index < -0.39 is 17.9 Å². The molecular weight excluding hydrogens is 392 g/mol. The predicted molar refractivity (Wildman–Crippen MR) is 117 cm³/mol. The minimum absolute atomic E-state index is 0.000725. The van der Waals surface area contributed by atoms with Gasteiger partial charge in [-0.3, -0.25) is 0 Å². The highest BCUT2D eigenvalue weighted by atomic mass is 16.6. The van der Waals surface area contributed by atoms with Crippen LogP contribution in [0.3, 0.4) is 0 Å². The zero-order valence-corrected chi connectivity index (χ0v) is 17.6. The lowest BCUT2D eigenvalue weighted by Gasteiger charge is -2.12. The van der Waals surface area contributed by atoms with Crippen LogP contribution in [-0.4, -0.2) is 17.9 Å². The summed E-state index contributed by atoms with van der Waals surface area (Å²) in [4.78, 5) is 37.6. The Balaban J connectivity index is 1.80. The molecule has 31 heavy (non-hydrogen) atoms. The van der Waals surface area contributed by atoms with Crippen molar-refractivity contribution in [2.45, 2.75) is 33.1 Å². The van der Waals surface area contributed by atoms with E-state index in [2.05, 4.69) is 6.92 Å². The summed E-state index contributed by atoms with van der Waals surface area (Å²) in [5.74, 6) is -2.18. The van der Waals surface area contributed by atoms with Crippen LogP contribution in [0.25, 0.3) is 0 Å². The molecule has 0 saturated carbocycles. The molecule has 5 heteroatoms. The molecule has 3 rings (SSSR count). The summed E-state index contributed by atoms with van der Waals surface area (Å²) in [5, 5.41) is 0. The summed E-state index contributed by atoms with van der Waals surface area (Å²) < 4.78 is 10.5. The minimum atomic E-state index is -0.883. The van der Waals surface area contributed by atoms with Gasteiger partial charge in [0.1, 0.15) is 11.3 Å². The molecule has 0 N–H and O–H groups in total. The van der Waals surface area contributed by atoms with Crippen molar-refractivity contribution in [1.82, 2.24) is 0 Å². The maximum absolute atomic E-state index is 12.8. The molecule has 0 radical (unpaired) electrons. The highest BCUT2D eigenvalue weighted by Gasteiger charge is 2.21. The van der Waals surface area contributed by atoms with Gasteiger partial charge in [-0.25, -0.2) is 14.4 Å². The van der Waals surface area contributed by atoms with E-state index in [1.807, 2.05) is 19.1 Å². The van der Waals surface area contributed by atoms with E-state index in [9.17, 15) is 14.4 Å². The Morgan fingerprint density at radius 1 is 0.742 bits per heavy atom. The van der Waals surface area contributed by atoms with E-state index in [0.29, 0.717) is 12.0 Å². The van der Waals surface area contributed by atoms with E-state index in [0.717, 1.165) is 18.4 Å². The van der Waals surface area contributed by atoms with Crippen molar-refractivity contribution in [2.24, 2.45) is 0 Å². The van der Waals surface area contributed by atoms with Gasteiger partial charge in [-0.1, -0.05) is 62.7 Å². The number of para-hydroxylation sites is 1.